The van der Waals surface area contributed by atoms with E-state index in [1.165, 1.54) is 43.4 Å². The zero-order valence-corrected chi connectivity index (χ0v) is 19.3. The van der Waals surface area contributed by atoms with Gasteiger partial charge < -0.3 is 14.6 Å². The Morgan fingerprint density at radius 3 is 2.38 bits per heavy atom. The number of aliphatic hydroxyl groups is 1. The lowest BCUT2D eigenvalue weighted by Gasteiger charge is -2.27. The van der Waals surface area contributed by atoms with Crippen LogP contribution in [0.15, 0.2) is 66.2 Å². The van der Waals surface area contributed by atoms with E-state index in [4.69, 9.17) is 9.47 Å². The summed E-state index contributed by atoms with van der Waals surface area (Å²) in [5.41, 5.74) is 2.41. The largest absolute Gasteiger partial charge is 0.507 e. The molecule has 34 heavy (non-hydrogen) atoms. The number of aryl methyl sites for hydroxylation is 2. The maximum Gasteiger partial charge on any atom is 0.300 e. The number of hydrogen-bond acceptors (Lipinski definition) is 5. The second-order valence-corrected chi connectivity index (χ2v) is 8.05. The fourth-order valence-electron chi connectivity index (χ4n) is 4.46. The molecule has 0 bridgehead atoms. The number of methoxy groups -OCH3 is 2. The van der Waals surface area contributed by atoms with E-state index in [9.17, 15) is 19.1 Å². The average molecular weight is 461 g/mol. The number of ketones is 1. The maximum absolute atomic E-state index is 14.1. The molecule has 6 nitrogen and oxygen atoms in total. The van der Waals surface area contributed by atoms with Gasteiger partial charge in [0.2, 0.25) is 0 Å². The molecule has 0 aliphatic carbocycles. The molecule has 1 fully saturated rings. The number of hydrogen-bond donors (Lipinski definition) is 1. The highest BCUT2D eigenvalue weighted by Gasteiger charge is 2.48. The van der Waals surface area contributed by atoms with Gasteiger partial charge in [0.25, 0.3) is 11.7 Å². The summed E-state index contributed by atoms with van der Waals surface area (Å²) in [5, 5.41) is 11.5. The van der Waals surface area contributed by atoms with Crippen LogP contribution in [0.5, 0.6) is 11.5 Å². The van der Waals surface area contributed by atoms with Gasteiger partial charge in [-0.15, -0.1) is 0 Å². The number of amides is 1. The van der Waals surface area contributed by atoms with Crippen molar-refractivity contribution in [2.45, 2.75) is 19.9 Å². The Bertz CT molecular complexity index is 1330. The van der Waals surface area contributed by atoms with E-state index in [-0.39, 0.29) is 22.6 Å². The van der Waals surface area contributed by atoms with Crippen LogP contribution >= 0.6 is 0 Å². The van der Waals surface area contributed by atoms with E-state index < -0.39 is 23.5 Å². The summed E-state index contributed by atoms with van der Waals surface area (Å²) in [5.74, 6) is -1.91. The minimum atomic E-state index is -1.05. The van der Waals surface area contributed by atoms with Gasteiger partial charge in [0.15, 0.2) is 0 Å². The van der Waals surface area contributed by atoms with Crippen molar-refractivity contribution in [3.8, 4) is 11.5 Å². The topological polar surface area (TPSA) is 76.1 Å². The number of aliphatic hydroxyl groups excluding tert-OH is 1. The summed E-state index contributed by atoms with van der Waals surface area (Å²) in [6.07, 6.45) is 0. The molecule has 0 spiro atoms. The lowest BCUT2D eigenvalue weighted by Crippen LogP contribution is -2.29. The molecule has 0 radical (unpaired) electrons. The maximum atomic E-state index is 14.1. The minimum absolute atomic E-state index is 0.137. The number of halogens is 1. The summed E-state index contributed by atoms with van der Waals surface area (Å²) >= 11 is 0. The minimum Gasteiger partial charge on any atom is -0.507 e. The standard InChI is InChI=1S/C27H24FNO5/c1-15-12-16(2)26(34-4)20(13-15)24(30)22-23(19-10-5-6-11-21(19)33-3)29(27(32)25(22)31)18-9-7-8-17(28)14-18/h5-14,23,30H,1-4H3/b24-22+. The molecule has 1 atom stereocenters. The monoisotopic (exact) mass is 461 g/mol. The normalized spacial score (nSPS) is 17.2. The van der Waals surface area contributed by atoms with E-state index >= 15 is 0 Å². The van der Waals surface area contributed by atoms with E-state index in [0.29, 0.717) is 17.1 Å². The first-order chi connectivity index (χ1) is 16.3. The molecule has 1 aliphatic rings. The van der Waals surface area contributed by atoms with Crippen LogP contribution in [-0.2, 0) is 9.59 Å². The van der Waals surface area contributed by atoms with Crippen molar-refractivity contribution in [3.63, 3.8) is 0 Å². The molecular formula is C27H24FNO5. The second-order valence-electron chi connectivity index (χ2n) is 8.05. The van der Waals surface area contributed by atoms with Crippen LogP contribution in [0.1, 0.15) is 28.3 Å². The van der Waals surface area contributed by atoms with Gasteiger partial charge in [0.05, 0.1) is 31.4 Å². The Morgan fingerprint density at radius 1 is 0.971 bits per heavy atom. The van der Waals surface area contributed by atoms with Crippen LogP contribution in [0.25, 0.3) is 5.76 Å². The highest BCUT2D eigenvalue weighted by Crippen LogP contribution is 2.46. The van der Waals surface area contributed by atoms with Crippen LogP contribution in [-0.4, -0.2) is 31.0 Å². The smallest absolute Gasteiger partial charge is 0.300 e. The van der Waals surface area contributed by atoms with Gasteiger partial charge in [0, 0.05) is 11.3 Å². The molecule has 174 valence electrons. The molecule has 1 amide bonds. The quantitative estimate of drug-likeness (QED) is 0.326. The van der Waals surface area contributed by atoms with E-state index in [1.807, 2.05) is 19.9 Å². The van der Waals surface area contributed by atoms with Gasteiger partial charge in [-0.1, -0.05) is 30.3 Å². The summed E-state index contributed by atoms with van der Waals surface area (Å²) in [6, 6.07) is 14.8. The predicted molar refractivity (Wildman–Crippen MR) is 127 cm³/mol. The first-order valence-corrected chi connectivity index (χ1v) is 10.6. The van der Waals surface area contributed by atoms with Gasteiger partial charge in [-0.25, -0.2) is 4.39 Å². The molecule has 0 aromatic heterocycles. The van der Waals surface area contributed by atoms with Crippen molar-refractivity contribution in [1.29, 1.82) is 0 Å². The molecule has 7 heteroatoms. The number of anilines is 1. The SMILES string of the molecule is COc1ccccc1C1/C(=C(\O)c2cc(C)cc(C)c2OC)C(=O)C(=O)N1c1cccc(F)c1. The van der Waals surface area contributed by atoms with Crippen LogP contribution in [0, 0.1) is 19.7 Å². The molecule has 3 aromatic rings. The number of benzene rings is 3. The number of nitrogens with zero attached hydrogens (tertiary/aromatic N) is 1. The van der Waals surface area contributed by atoms with Crippen molar-refractivity contribution < 1.29 is 28.6 Å². The zero-order valence-electron chi connectivity index (χ0n) is 19.3. The van der Waals surface area contributed by atoms with Gasteiger partial charge in [0.1, 0.15) is 23.1 Å². The lowest BCUT2D eigenvalue weighted by molar-refractivity contribution is -0.132. The fourth-order valence-corrected chi connectivity index (χ4v) is 4.46. The number of ether oxygens (including phenoxy) is 2. The molecular weight excluding hydrogens is 437 g/mol. The third-order valence-electron chi connectivity index (χ3n) is 5.84. The molecule has 1 aliphatic heterocycles. The Balaban J connectivity index is 2.05. The van der Waals surface area contributed by atoms with E-state index in [0.717, 1.165) is 11.1 Å². The number of carbonyl (C=O) groups is 2. The highest BCUT2D eigenvalue weighted by atomic mass is 19.1. The van der Waals surface area contributed by atoms with Gasteiger partial charge in [-0.2, -0.15) is 0 Å². The van der Waals surface area contributed by atoms with Gasteiger partial charge in [-0.3, -0.25) is 14.5 Å². The summed E-state index contributed by atoms with van der Waals surface area (Å²) in [4.78, 5) is 27.8. The Labute approximate surface area is 196 Å². The summed E-state index contributed by atoms with van der Waals surface area (Å²) in [6.45, 7) is 3.68. The Morgan fingerprint density at radius 2 is 1.71 bits per heavy atom. The van der Waals surface area contributed by atoms with Crippen molar-refractivity contribution in [3.05, 3.63) is 94.3 Å². The molecule has 4 rings (SSSR count). The molecule has 1 unspecified atom stereocenters. The number of rotatable bonds is 5. The number of carbonyl (C=O) groups excluding carboxylic acids is 2. The van der Waals surface area contributed by atoms with E-state index in [2.05, 4.69) is 0 Å². The van der Waals surface area contributed by atoms with Crippen LogP contribution in [0.3, 0.4) is 0 Å². The van der Waals surface area contributed by atoms with Crippen LogP contribution in [0.2, 0.25) is 0 Å². The van der Waals surface area contributed by atoms with Crippen LogP contribution in [0.4, 0.5) is 10.1 Å². The Kier molecular flexibility index (Phi) is 6.11. The average Bonchev–Trinajstić information content (AvgIpc) is 3.08. The first kappa shape index (κ1) is 23.0. The number of para-hydroxylation sites is 1. The van der Waals surface area contributed by atoms with Crippen LogP contribution < -0.4 is 14.4 Å². The second kappa shape index (κ2) is 9.02. The summed E-state index contributed by atoms with van der Waals surface area (Å²) < 4.78 is 25.1. The molecule has 3 aromatic carbocycles. The molecule has 0 saturated carbocycles. The predicted octanol–water partition coefficient (Wildman–Crippen LogP) is 5.09. The number of Topliss-reactive ketones (excluding diaryl/α,β-unsaturated/α-hetero) is 1. The van der Waals surface area contributed by atoms with Gasteiger partial charge >= 0.3 is 0 Å². The van der Waals surface area contributed by atoms with Crippen molar-refractivity contribution >= 4 is 23.1 Å². The lowest BCUT2D eigenvalue weighted by atomic mass is 9.93. The molecule has 1 saturated heterocycles. The van der Waals surface area contributed by atoms with Crippen molar-refractivity contribution in [2.75, 3.05) is 19.1 Å². The molecule has 1 heterocycles. The molecule has 1 N–H and O–H groups in total. The Hall–Kier alpha value is -4.13. The first-order valence-electron chi connectivity index (χ1n) is 10.6. The van der Waals surface area contributed by atoms with E-state index in [1.54, 1.807) is 30.3 Å². The summed E-state index contributed by atoms with van der Waals surface area (Å²) in [7, 11) is 2.94. The van der Waals surface area contributed by atoms with Crippen molar-refractivity contribution in [1.82, 2.24) is 0 Å². The van der Waals surface area contributed by atoms with Crippen molar-refractivity contribution in [2.24, 2.45) is 0 Å². The third kappa shape index (κ3) is 3.79. The fraction of sp³-hybridized carbons (Fsp3) is 0.185. The third-order valence-corrected chi connectivity index (χ3v) is 5.84. The highest BCUT2D eigenvalue weighted by molar-refractivity contribution is 6.51. The zero-order chi connectivity index (χ0) is 24.6. The van der Waals surface area contributed by atoms with Gasteiger partial charge in [-0.05, 0) is 55.3 Å².